The maximum absolute atomic E-state index is 11.9. The predicted octanol–water partition coefficient (Wildman–Crippen LogP) is 2.41. The number of esters is 1. The van der Waals surface area contributed by atoms with Gasteiger partial charge in [0.25, 0.3) is 0 Å². The minimum Gasteiger partial charge on any atom is -0.463 e. The summed E-state index contributed by atoms with van der Waals surface area (Å²) in [5, 5.41) is 2.85. The number of hydrogen-bond donors (Lipinski definition) is 1. The summed E-state index contributed by atoms with van der Waals surface area (Å²) in [4.78, 5) is 23.7. The molecule has 1 heterocycles. The molecule has 0 aromatic carbocycles. The number of alkyl carbamates (subject to hydrolysis) is 1. The van der Waals surface area contributed by atoms with Crippen LogP contribution in [0, 0.1) is 11.8 Å². The molecular formula is C15H23NO4. The van der Waals surface area contributed by atoms with Crippen LogP contribution in [-0.2, 0) is 14.3 Å². The second kappa shape index (κ2) is 5.46. The normalized spacial score (nSPS) is 29.9. The molecule has 0 unspecified atom stereocenters. The van der Waals surface area contributed by atoms with Crippen molar-refractivity contribution in [3.8, 4) is 0 Å². The monoisotopic (exact) mass is 281 g/mol. The van der Waals surface area contributed by atoms with Gasteiger partial charge >= 0.3 is 12.1 Å². The van der Waals surface area contributed by atoms with Gasteiger partial charge in [-0.2, -0.15) is 0 Å². The molecule has 1 N–H and O–H groups in total. The first-order valence-corrected chi connectivity index (χ1v) is 7.08. The lowest BCUT2D eigenvalue weighted by Gasteiger charge is -2.39. The van der Waals surface area contributed by atoms with Crippen molar-refractivity contribution in [3.63, 3.8) is 0 Å². The summed E-state index contributed by atoms with van der Waals surface area (Å²) < 4.78 is 10.5. The van der Waals surface area contributed by atoms with Gasteiger partial charge in [-0.25, -0.2) is 4.79 Å². The van der Waals surface area contributed by atoms with Crippen LogP contribution in [0.2, 0.25) is 0 Å². The van der Waals surface area contributed by atoms with E-state index >= 15 is 0 Å². The van der Waals surface area contributed by atoms with Gasteiger partial charge in [0.05, 0.1) is 12.0 Å². The fourth-order valence-corrected chi connectivity index (χ4v) is 2.80. The Bertz CT molecular complexity index is 436. The van der Waals surface area contributed by atoms with E-state index in [-0.39, 0.29) is 30.5 Å². The van der Waals surface area contributed by atoms with Gasteiger partial charge in [-0.15, -0.1) is 0 Å². The zero-order chi connectivity index (χ0) is 14.9. The summed E-state index contributed by atoms with van der Waals surface area (Å²) in [7, 11) is 0. The van der Waals surface area contributed by atoms with Crippen LogP contribution in [0.4, 0.5) is 4.79 Å². The number of ether oxygens (including phenoxy) is 2. The van der Waals surface area contributed by atoms with Crippen LogP contribution in [0.15, 0.2) is 11.6 Å². The molecule has 0 spiro atoms. The Labute approximate surface area is 119 Å². The summed E-state index contributed by atoms with van der Waals surface area (Å²) >= 11 is 0. The molecule has 3 atom stereocenters. The Morgan fingerprint density at radius 3 is 2.80 bits per heavy atom. The van der Waals surface area contributed by atoms with E-state index in [4.69, 9.17) is 9.47 Å². The Kier molecular flexibility index (Phi) is 4.06. The van der Waals surface area contributed by atoms with E-state index in [2.05, 4.69) is 18.3 Å². The van der Waals surface area contributed by atoms with Gasteiger partial charge in [0, 0.05) is 0 Å². The molecule has 0 radical (unpaired) electrons. The number of carbonyl (C=O) groups is 2. The van der Waals surface area contributed by atoms with Crippen LogP contribution >= 0.6 is 0 Å². The van der Waals surface area contributed by atoms with Gasteiger partial charge < -0.3 is 14.8 Å². The van der Waals surface area contributed by atoms with Crippen molar-refractivity contribution >= 4 is 12.1 Å². The average Bonchev–Trinajstić information content (AvgIpc) is 2.30. The van der Waals surface area contributed by atoms with Crippen molar-refractivity contribution in [3.05, 3.63) is 11.6 Å². The maximum Gasteiger partial charge on any atom is 0.408 e. The molecule has 1 aliphatic carbocycles. The van der Waals surface area contributed by atoms with Crippen molar-refractivity contribution in [2.45, 2.75) is 52.2 Å². The van der Waals surface area contributed by atoms with Gasteiger partial charge in [-0.05, 0) is 46.5 Å². The van der Waals surface area contributed by atoms with Gasteiger partial charge in [-0.1, -0.05) is 11.6 Å². The van der Waals surface area contributed by atoms with Crippen molar-refractivity contribution in [1.82, 2.24) is 5.32 Å². The molecule has 1 aliphatic heterocycles. The molecule has 5 heteroatoms. The highest BCUT2D eigenvalue weighted by Crippen LogP contribution is 2.35. The van der Waals surface area contributed by atoms with Crippen molar-refractivity contribution in [1.29, 1.82) is 0 Å². The first kappa shape index (κ1) is 14.9. The highest BCUT2D eigenvalue weighted by Gasteiger charge is 2.42. The molecular weight excluding hydrogens is 258 g/mol. The molecule has 0 aromatic heterocycles. The third kappa shape index (κ3) is 3.52. The van der Waals surface area contributed by atoms with E-state index in [1.165, 1.54) is 5.57 Å². The fourth-order valence-electron chi connectivity index (χ4n) is 2.80. The first-order valence-electron chi connectivity index (χ1n) is 7.08. The third-order valence-electron chi connectivity index (χ3n) is 3.72. The van der Waals surface area contributed by atoms with Gasteiger partial charge in [0.15, 0.2) is 0 Å². The summed E-state index contributed by atoms with van der Waals surface area (Å²) in [5.74, 6) is -0.192. The van der Waals surface area contributed by atoms with E-state index in [1.807, 2.05) is 20.8 Å². The zero-order valence-electron chi connectivity index (χ0n) is 12.6. The van der Waals surface area contributed by atoms with Gasteiger partial charge in [0.1, 0.15) is 12.2 Å². The number of nitrogens with one attached hydrogen (secondary N) is 1. The lowest BCUT2D eigenvalue weighted by atomic mass is 9.74. The Hall–Kier alpha value is -1.52. The van der Waals surface area contributed by atoms with Crippen LogP contribution in [0.5, 0.6) is 0 Å². The summed E-state index contributed by atoms with van der Waals surface area (Å²) in [5.41, 5.74) is 0.731. The molecule has 1 fully saturated rings. The van der Waals surface area contributed by atoms with E-state index in [9.17, 15) is 9.59 Å². The number of carbonyl (C=O) groups excluding carboxylic acids is 2. The number of fused-ring (bicyclic) bond motifs is 1. The molecule has 1 saturated heterocycles. The third-order valence-corrected chi connectivity index (χ3v) is 3.72. The minimum atomic E-state index is -0.531. The molecule has 0 saturated carbocycles. The van der Waals surface area contributed by atoms with Crippen LogP contribution in [0.3, 0.4) is 0 Å². The number of rotatable bonds is 1. The SMILES string of the molecule is CC1=CC[C@@H]2C(=O)OC[C@@H](NC(=O)OC(C)(C)C)[C@@H]2C1. The highest BCUT2D eigenvalue weighted by molar-refractivity contribution is 5.75. The molecule has 112 valence electrons. The van der Waals surface area contributed by atoms with Crippen LogP contribution in [0.25, 0.3) is 0 Å². The molecule has 20 heavy (non-hydrogen) atoms. The van der Waals surface area contributed by atoms with Crippen molar-refractivity contribution < 1.29 is 19.1 Å². The van der Waals surface area contributed by atoms with E-state index in [0.717, 1.165) is 6.42 Å². The lowest BCUT2D eigenvalue weighted by Crippen LogP contribution is -2.53. The highest BCUT2D eigenvalue weighted by atomic mass is 16.6. The quantitative estimate of drug-likeness (QED) is 0.592. The topological polar surface area (TPSA) is 64.6 Å². The van der Waals surface area contributed by atoms with E-state index in [1.54, 1.807) is 0 Å². The molecule has 0 aromatic rings. The number of amides is 1. The molecule has 5 nitrogen and oxygen atoms in total. The standard InChI is InChI=1S/C15H23NO4/c1-9-5-6-10-11(7-9)12(8-19-13(10)17)16-14(18)20-15(2,3)4/h5,10-12H,6-8H2,1-4H3,(H,16,18)/t10-,11+,12+/m0/s1. The summed E-state index contributed by atoms with van der Waals surface area (Å²) in [6, 6.07) is -0.170. The van der Waals surface area contributed by atoms with Crippen LogP contribution < -0.4 is 5.32 Å². The second-order valence-corrected chi connectivity index (χ2v) is 6.64. The van der Waals surface area contributed by atoms with Crippen molar-refractivity contribution in [2.24, 2.45) is 11.8 Å². The van der Waals surface area contributed by atoms with E-state index < -0.39 is 11.7 Å². The predicted molar refractivity (Wildman–Crippen MR) is 74.1 cm³/mol. The smallest absolute Gasteiger partial charge is 0.408 e. The van der Waals surface area contributed by atoms with Gasteiger partial charge in [-0.3, -0.25) is 4.79 Å². The van der Waals surface area contributed by atoms with Crippen LogP contribution in [0.1, 0.15) is 40.5 Å². The minimum absolute atomic E-state index is 0.105. The average molecular weight is 281 g/mol. The second-order valence-electron chi connectivity index (χ2n) is 6.64. The van der Waals surface area contributed by atoms with Crippen LogP contribution in [-0.4, -0.2) is 30.3 Å². The Morgan fingerprint density at radius 2 is 2.15 bits per heavy atom. The van der Waals surface area contributed by atoms with Crippen molar-refractivity contribution in [2.75, 3.05) is 6.61 Å². The first-order chi connectivity index (χ1) is 9.26. The summed E-state index contributed by atoms with van der Waals surface area (Å²) in [6.45, 7) is 7.75. The zero-order valence-corrected chi connectivity index (χ0v) is 12.6. The Morgan fingerprint density at radius 1 is 1.45 bits per heavy atom. The molecule has 1 amide bonds. The lowest BCUT2D eigenvalue weighted by molar-refractivity contribution is -0.159. The molecule has 2 rings (SSSR count). The summed E-state index contributed by atoms with van der Waals surface area (Å²) in [6.07, 6.45) is 3.15. The maximum atomic E-state index is 11.9. The Balaban J connectivity index is 2.03. The number of allylic oxidation sites excluding steroid dienone is 2. The van der Waals surface area contributed by atoms with Gasteiger partial charge in [0.2, 0.25) is 0 Å². The number of hydrogen-bond acceptors (Lipinski definition) is 4. The molecule has 0 bridgehead atoms. The number of cyclic esters (lactones) is 1. The fraction of sp³-hybridized carbons (Fsp3) is 0.733. The van der Waals surface area contributed by atoms with E-state index in [0.29, 0.717) is 6.42 Å². The largest absolute Gasteiger partial charge is 0.463 e. The molecule has 2 aliphatic rings.